The van der Waals surface area contributed by atoms with E-state index in [0.717, 1.165) is 0 Å². The summed E-state index contributed by atoms with van der Waals surface area (Å²) in [6.07, 6.45) is 1.48. The van der Waals surface area contributed by atoms with Gasteiger partial charge in [0.2, 0.25) is 5.95 Å². The second kappa shape index (κ2) is 11.3. The number of furan rings is 1. The van der Waals surface area contributed by atoms with Crippen molar-refractivity contribution in [3.63, 3.8) is 0 Å². The van der Waals surface area contributed by atoms with E-state index in [4.69, 9.17) is 18.6 Å². The fourth-order valence-electron chi connectivity index (χ4n) is 5.63. The van der Waals surface area contributed by atoms with Gasteiger partial charge in [-0.1, -0.05) is 0 Å². The van der Waals surface area contributed by atoms with Crippen molar-refractivity contribution < 1.29 is 32.6 Å². The summed E-state index contributed by atoms with van der Waals surface area (Å²) in [7, 11) is 6.54. The van der Waals surface area contributed by atoms with E-state index in [1.54, 1.807) is 69.9 Å². The third kappa shape index (κ3) is 5.69. The molecule has 1 aromatic carbocycles. The van der Waals surface area contributed by atoms with Crippen LogP contribution in [0.3, 0.4) is 0 Å². The third-order valence-corrected chi connectivity index (χ3v) is 7.61. The van der Waals surface area contributed by atoms with Crippen LogP contribution in [0.25, 0.3) is 22.2 Å². The summed E-state index contributed by atoms with van der Waals surface area (Å²) in [6.45, 7) is 5.40. The summed E-state index contributed by atoms with van der Waals surface area (Å²) in [5.74, 6) is 0.630. The van der Waals surface area contributed by atoms with E-state index in [1.807, 2.05) is 0 Å². The number of hydrogen-bond acceptors (Lipinski definition) is 10. The standard InChI is InChI=1S/C29H37FN6O6/c1-29(2,3)42-28(38)36-17-8-9-20(36)25(30)21(12-17)35(6)27-31-14-19(32-33-27)18-13-22-16(10-23(18)40-15-39-7)11-24(41-22)26(37)34(4)5/h10-11,13-14,17,20-21,25H,8-9,12,15H2,1-7H3/t17-,20+,21-,25+/m1/s1. The minimum absolute atomic E-state index is 0.0102. The molecular weight excluding hydrogens is 547 g/mol. The van der Waals surface area contributed by atoms with Gasteiger partial charge in [0.15, 0.2) is 12.6 Å². The van der Waals surface area contributed by atoms with Crippen molar-refractivity contribution in [1.29, 1.82) is 0 Å². The molecule has 0 unspecified atom stereocenters. The molecule has 4 atom stereocenters. The highest BCUT2D eigenvalue weighted by molar-refractivity contribution is 5.97. The molecular formula is C29H37FN6O6. The lowest BCUT2D eigenvalue weighted by Gasteiger charge is -2.44. The van der Waals surface area contributed by atoms with Crippen LogP contribution in [0.5, 0.6) is 5.75 Å². The Morgan fingerprint density at radius 1 is 1.14 bits per heavy atom. The summed E-state index contributed by atoms with van der Waals surface area (Å²) >= 11 is 0. The quantitative estimate of drug-likeness (QED) is 0.372. The van der Waals surface area contributed by atoms with E-state index < -0.39 is 29.9 Å². The third-order valence-electron chi connectivity index (χ3n) is 7.61. The monoisotopic (exact) mass is 584 g/mol. The van der Waals surface area contributed by atoms with Gasteiger partial charge in [0.25, 0.3) is 5.91 Å². The minimum Gasteiger partial charge on any atom is -0.467 e. The van der Waals surface area contributed by atoms with Crippen LogP contribution in [-0.2, 0) is 9.47 Å². The number of methoxy groups -OCH3 is 1. The normalized spacial score (nSPS) is 21.9. The Morgan fingerprint density at radius 3 is 2.55 bits per heavy atom. The van der Waals surface area contributed by atoms with Gasteiger partial charge in [-0.2, -0.15) is 0 Å². The smallest absolute Gasteiger partial charge is 0.410 e. The van der Waals surface area contributed by atoms with Gasteiger partial charge in [0.05, 0.1) is 18.3 Å². The second-order valence-corrected chi connectivity index (χ2v) is 11.9. The Morgan fingerprint density at radius 2 is 1.90 bits per heavy atom. The lowest BCUT2D eigenvalue weighted by molar-refractivity contribution is -0.0104. The van der Waals surface area contributed by atoms with Gasteiger partial charge in [-0.15, -0.1) is 10.2 Å². The summed E-state index contributed by atoms with van der Waals surface area (Å²) in [4.78, 5) is 34.4. The van der Waals surface area contributed by atoms with E-state index in [-0.39, 0.29) is 30.5 Å². The summed E-state index contributed by atoms with van der Waals surface area (Å²) in [5, 5.41) is 9.36. The van der Waals surface area contributed by atoms with Gasteiger partial charge in [0, 0.05) is 45.2 Å². The highest BCUT2D eigenvalue weighted by Gasteiger charge is 2.52. The summed E-state index contributed by atoms with van der Waals surface area (Å²) in [6, 6.07) is 3.88. The van der Waals surface area contributed by atoms with E-state index in [9.17, 15) is 9.59 Å². The molecule has 42 heavy (non-hydrogen) atoms. The first-order valence-electron chi connectivity index (χ1n) is 13.9. The fourth-order valence-corrected chi connectivity index (χ4v) is 5.63. The molecule has 5 rings (SSSR count). The molecule has 2 saturated heterocycles. The molecule has 2 amide bonds. The average molecular weight is 585 g/mol. The number of halogens is 1. The summed E-state index contributed by atoms with van der Waals surface area (Å²) in [5.41, 5.74) is 0.752. The number of amides is 2. The molecule has 4 heterocycles. The zero-order valence-corrected chi connectivity index (χ0v) is 25.0. The number of nitrogens with zero attached hydrogens (tertiary/aromatic N) is 6. The molecule has 3 aromatic rings. The molecule has 13 heteroatoms. The molecule has 2 bridgehead atoms. The van der Waals surface area contributed by atoms with Crippen LogP contribution in [-0.4, -0.2) is 102 Å². The Bertz CT molecular complexity index is 1460. The van der Waals surface area contributed by atoms with Crippen molar-refractivity contribution in [2.24, 2.45) is 0 Å². The zero-order chi connectivity index (χ0) is 30.3. The van der Waals surface area contributed by atoms with E-state index >= 15 is 4.39 Å². The van der Waals surface area contributed by atoms with Crippen molar-refractivity contribution >= 4 is 28.9 Å². The van der Waals surface area contributed by atoms with Crippen LogP contribution >= 0.6 is 0 Å². The van der Waals surface area contributed by atoms with Crippen molar-refractivity contribution in [2.75, 3.05) is 39.9 Å². The number of piperidine rings is 1. The Kier molecular flexibility index (Phi) is 7.97. The van der Waals surface area contributed by atoms with Crippen LogP contribution in [0.1, 0.15) is 50.6 Å². The first-order chi connectivity index (χ1) is 19.9. The predicted octanol–water partition coefficient (Wildman–Crippen LogP) is 4.28. The lowest BCUT2D eigenvalue weighted by Crippen LogP contribution is -2.59. The second-order valence-electron chi connectivity index (χ2n) is 11.9. The molecule has 0 saturated carbocycles. The molecule has 2 aliphatic rings. The maximum absolute atomic E-state index is 15.9. The molecule has 226 valence electrons. The van der Waals surface area contributed by atoms with Crippen molar-refractivity contribution in [2.45, 2.75) is 69.9 Å². The zero-order valence-electron chi connectivity index (χ0n) is 25.0. The Hall–Kier alpha value is -4.00. The van der Waals surface area contributed by atoms with Crippen LogP contribution < -0.4 is 9.64 Å². The fraction of sp³-hybridized carbons (Fsp3) is 0.552. The van der Waals surface area contributed by atoms with E-state index in [0.29, 0.717) is 47.2 Å². The number of carbonyl (C=O) groups is 2. The number of fused-ring (bicyclic) bond motifs is 3. The molecule has 0 N–H and O–H groups in total. The first-order valence-corrected chi connectivity index (χ1v) is 13.9. The molecule has 0 radical (unpaired) electrons. The molecule has 2 aromatic heterocycles. The van der Waals surface area contributed by atoms with Gasteiger partial charge in [0.1, 0.15) is 28.8 Å². The van der Waals surface area contributed by atoms with Crippen molar-refractivity contribution in [3.05, 3.63) is 30.2 Å². The lowest BCUT2D eigenvalue weighted by atomic mass is 9.94. The highest BCUT2D eigenvalue weighted by atomic mass is 19.1. The van der Waals surface area contributed by atoms with E-state index in [1.165, 1.54) is 18.2 Å². The minimum atomic E-state index is -1.31. The predicted molar refractivity (Wildman–Crippen MR) is 152 cm³/mol. The maximum Gasteiger partial charge on any atom is 0.410 e. The number of carbonyl (C=O) groups excluding carboxylic acids is 2. The SMILES string of the molecule is COCOc1cc2cc(C(=O)N(C)C)oc2cc1-c1cnc(N(C)[C@@H]2C[C@H]3CC[C@@H]([C@@H]2F)N3C(=O)OC(C)(C)C)nn1. The van der Waals surface area contributed by atoms with Crippen LogP contribution in [0.4, 0.5) is 15.1 Å². The van der Waals surface area contributed by atoms with Crippen molar-refractivity contribution in [1.82, 2.24) is 25.0 Å². The molecule has 2 fully saturated rings. The van der Waals surface area contributed by atoms with Crippen LogP contribution in [0.15, 0.2) is 28.8 Å². The van der Waals surface area contributed by atoms with Gasteiger partial charge in [-0.25, -0.2) is 14.2 Å². The number of aromatic nitrogens is 3. The average Bonchev–Trinajstić information content (AvgIpc) is 3.52. The van der Waals surface area contributed by atoms with E-state index in [2.05, 4.69) is 15.2 Å². The molecule has 0 spiro atoms. The Labute approximate surface area is 243 Å². The van der Waals surface area contributed by atoms with Gasteiger partial charge in [-0.3, -0.25) is 9.69 Å². The Balaban J connectivity index is 1.38. The largest absolute Gasteiger partial charge is 0.467 e. The maximum atomic E-state index is 15.9. The first kappa shape index (κ1) is 29.5. The van der Waals surface area contributed by atoms with Crippen molar-refractivity contribution in [3.8, 4) is 17.0 Å². The molecule has 2 aliphatic heterocycles. The van der Waals surface area contributed by atoms with Crippen LogP contribution in [0, 0.1) is 0 Å². The number of anilines is 1. The number of alkyl halides is 1. The number of benzene rings is 1. The van der Waals surface area contributed by atoms with Gasteiger partial charge in [-0.05, 0) is 58.2 Å². The molecule has 12 nitrogen and oxygen atoms in total. The topological polar surface area (TPSA) is 123 Å². The van der Waals surface area contributed by atoms with Gasteiger partial charge < -0.3 is 28.4 Å². The number of ether oxygens (including phenoxy) is 3. The summed E-state index contributed by atoms with van der Waals surface area (Å²) < 4.78 is 38.1. The highest BCUT2D eigenvalue weighted by Crippen LogP contribution is 2.41. The number of rotatable bonds is 7. The number of hydrogen-bond donors (Lipinski definition) is 0. The van der Waals surface area contributed by atoms with Crippen LogP contribution in [0.2, 0.25) is 0 Å². The molecule has 0 aliphatic carbocycles. The van der Waals surface area contributed by atoms with Gasteiger partial charge >= 0.3 is 6.09 Å².